The third kappa shape index (κ3) is 4.67. The van der Waals surface area contributed by atoms with Crippen molar-refractivity contribution in [3.63, 3.8) is 0 Å². The molecule has 0 spiro atoms. The molecule has 5 fully saturated rings. The molecule has 5 saturated carbocycles. The number of ether oxygens (including phenoxy) is 2. The molecule has 0 heterocycles. The summed E-state index contributed by atoms with van der Waals surface area (Å²) in [6.07, 6.45) is 10.9. The number of hydrogen-bond donors (Lipinski definition) is 1. The number of rotatable bonds is 7. The molecule has 0 bridgehead atoms. The van der Waals surface area contributed by atoms with Crippen LogP contribution in [0.25, 0.3) is 0 Å². The van der Waals surface area contributed by atoms with Gasteiger partial charge in [0, 0.05) is 17.8 Å². The molecule has 6 heteroatoms. The van der Waals surface area contributed by atoms with Crippen LogP contribution in [0.4, 0.5) is 0 Å². The Labute approximate surface area is 253 Å². The lowest BCUT2D eigenvalue weighted by Gasteiger charge is -2.73. The van der Waals surface area contributed by atoms with Crippen molar-refractivity contribution in [1.29, 1.82) is 0 Å². The van der Waals surface area contributed by atoms with Crippen molar-refractivity contribution in [3.05, 3.63) is 12.2 Å². The minimum Gasteiger partial charge on any atom is -0.481 e. The maximum absolute atomic E-state index is 12.6. The smallest absolute Gasteiger partial charge is 0.306 e. The molecular formula is C36H56O6. The fourth-order valence-corrected chi connectivity index (χ4v) is 12.4. The molecule has 0 amide bonds. The molecule has 0 aromatic heterocycles. The first-order chi connectivity index (χ1) is 19.5. The van der Waals surface area contributed by atoms with E-state index in [1.165, 1.54) is 31.3 Å². The summed E-state index contributed by atoms with van der Waals surface area (Å²) in [7, 11) is 0. The van der Waals surface area contributed by atoms with Gasteiger partial charge in [0.25, 0.3) is 0 Å². The summed E-state index contributed by atoms with van der Waals surface area (Å²) < 4.78 is 11.8. The van der Waals surface area contributed by atoms with E-state index in [0.29, 0.717) is 36.2 Å². The molecule has 236 valence electrons. The third-order valence-electron chi connectivity index (χ3n) is 14.6. The number of esters is 2. The molecule has 0 saturated heterocycles. The summed E-state index contributed by atoms with van der Waals surface area (Å²) in [6.45, 7) is 21.2. The van der Waals surface area contributed by atoms with Crippen LogP contribution in [-0.4, -0.2) is 35.7 Å². The Morgan fingerprint density at radius 2 is 1.52 bits per heavy atom. The number of fused-ring (bicyclic) bond motifs is 7. The molecular weight excluding hydrogens is 528 g/mol. The van der Waals surface area contributed by atoms with Crippen LogP contribution in [-0.2, 0) is 23.9 Å². The van der Waals surface area contributed by atoms with Crippen molar-refractivity contribution in [3.8, 4) is 0 Å². The SMILES string of the molecule is C=C(C)[C@@H]1CC[C@]2(COC(C)=O)CC[C@]3(C)[C@H](CC[C@@H]4[C@@]5(C)CC[C@H](OC(=O)CCC(=O)O)C(C)(C)[C@@H]5CC[C@]43C)[C@H]12. The van der Waals surface area contributed by atoms with Gasteiger partial charge in [-0.3, -0.25) is 14.4 Å². The quantitative estimate of drug-likeness (QED) is 0.241. The van der Waals surface area contributed by atoms with Gasteiger partial charge in [0.15, 0.2) is 0 Å². The van der Waals surface area contributed by atoms with E-state index in [9.17, 15) is 14.4 Å². The molecule has 5 aliphatic carbocycles. The van der Waals surface area contributed by atoms with Crippen LogP contribution in [0.2, 0.25) is 0 Å². The zero-order valence-corrected chi connectivity index (χ0v) is 27.4. The highest BCUT2D eigenvalue weighted by Gasteiger charge is 2.71. The molecule has 0 aromatic rings. The molecule has 5 aliphatic rings. The van der Waals surface area contributed by atoms with Crippen LogP contribution in [0.15, 0.2) is 12.2 Å². The van der Waals surface area contributed by atoms with Crippen LogP contribution >= 0.6 is 0 Å². The minimum absolute atomic E-state index is 0.0599. The van der Waals surface area contributed by atoms with Gasteiger partial charge in [0.1, 0.15) is 6.10 Å². The van der Waals surface area contributed by atoms with Gasteiger partial charge in [0.05, 0.1) is 19.4 Å². The van der Waals surface area contributed by atoms with Gasteiger partial charge in [-0.05, 0) is 117 Å². The van der Waals surface area contributed by atoms with E-state index in [4.69, 9.17) is 14.6 Å². The van der Waals surface area contributed by atoms with Gasteiger partial charge in [-0.1, -0.05) is 46.8 Å². The van der Waals surface area contributed by atoms with Gasteiger partial charge in [-0.25, -0.2) is 0 Å². The summed E-state index contributed by atoms with van der Waals surface area (Å²) in [4.78, 5) is 35.5. The second kappa shape index (κ2) is 10.6. The van der Waals surface area contributed by atoms with E-state index in [1.54, 1.807) is 6.92 Å². The highest BCUT2D eigenvalue weighted by Crippen LogP contribution is 2.77. The summed E-state index contributed by atoms with van der Waals surface area (Å²) in [5.74, 6) is 1.19. The summed E-state index contributed by atoms with van der Waals surface area (Å²) in [5.41, 5.74) is 1.83. The Morgan fingerprint density at radius 3 is 2.17 bits per heavy atom. The van der Waals surface area contributed by atoms with Crippen molar-refractivity contribution in [2.24, 2.45) is 56.7 Å². The summed E-state index contributed by atoms with van der Waals surface area (Å²) in [5, 5.41) is 9.02. The largest absolute Gasteiger partial charge is 0.481 e. The maximum Gasteiger partial charge on any atom is 0.306 e. The fourth-order valence-electron chi connectivity index (χ4n) is 12.4. The van der Waals surface area contributed by atoms with Crippen molar-refractivity contribution in [2.75, 3.05) is 6.61 Å². The van der Waals surface area contributed by atoms with Gasteiger partial charge < -0.3 is 14.6 Å². The number of hydrogen-bond acceptors (Lipinski definition) is 5. The number of carbonyl (C=O) groups is 3. The van der Waals surface area contributed by atoms with E-state index in [2.05, 4.69) is 48.1 Å². The van der Waals surface area contributed by atoms with Crippen molar-refractivity contribution < 1.29 is 29.0 Å². The predicted molar refractivity (Wildman–Crippen MR) is 162 cm³/mol. The molecule has 5 rings (SSSR count). The van der Waals surface area contributed by atoms with E-state index in [-0.39, 0.29) is 58.0 Å². The fraction of sp³-hybridized carbons (Fsp3) is 0.861. The summed E-state index contributed by atoms with van der Waals surface area (Å²) >= 11 is 0. The average Bonchev–Trinajstić information content (AvgIpc) is 3.29. The minimum atomic E-state index is -0.961. The van der Waals surface area contributed by atoms with Crippen molar-refractivity contribution in [2.45, 2.75) is 132 Å². The molecule has 0 aromatic carbocycles. The molecule has 1 N–H and O–H groups in total. The molecule has 0 radical (unpaired) electrons. The zero-order chi connectivity index (χ0) is 30.9. The first-order valence-corrected chi connectivity index (χ1v) is 16.7. The standard InChI is InChI=1S/C36H56O6/c1-22(2)24-13-18-36(21-41-23(3)37)20-19-34(7)25(31(24)36)9-10-27-33(6)16-15-28(42-30(40)12-11-29(38)39)32(4,5)26(33)14-17-35(27,34)8/h24-28,31H,1,9-21H2,2-8H3,(H,38,39)/t24-,25+,26-,27+,28-,31-,33-,34+,35+,36+/m0/s1. The number of aliphatic carboxylic acids is 1. The molecule has 10 atom stereocenters. The third-order valence-corrected chi connectivity index (χ3v) is 14.6. The highest BCUT2D eigenvalue weighted by molar-refractivity contribution is 5.76. The monoisotopic (exact) mass is 584 g/mol. The lowest BCUT2D eigenvalue weighted by molar-refractivity contribution is -0.252. The number of carboxylic acid groups (broad SMARTS) is 1. The molecule has 0 unspecified atom stereocenters. The average molecular weight is 585 g/mol. The molecule has 42 heavy (non-hydrogen) atoms. The van der Waals surface area contributed by atoms with E-state index in [1.807, 2.05) is 0 Å². The lowest BCUT2D eigenvalue weighted by atomic mass is 9.32. The number of carbonyl (C=O) groups excluding carboxylic acids is 2. The Kier molecular flexibility index (Phi) is 8.00. The summed E-state index contributed by atoms with van der Waals surface area (Å²) in [6, 6.07) is 0. The normalized spacial score (nSPS) is 45.4. The number of allylic oxidation sites excluding steroid dienone is 1. The van der Waals surface area contributed by atoms with Gasteiger partial charge in [-0.15, -0.1) is 0 Å². The van der Waals surface area contributed by atoms with Crippen LogP contribution in [0.5, 0.6) is 0 Å². The van der Waals surface area contributed by atoms with Crippen molar-refractivity contribution >= 4 is 17.9 Å². The molecule has 0 aliphatic heterocycles. The van der Waals surface area contributed by atoms with Gasteiger partial charge in [0.2, 0.25) is 0 Å². The Balaban J connectivity index is 1.42. The maximum atomic E-state index is 12.6. The van der Waals surface area contributed by atoms with Crippen LogP contribution in [0.1, 0.15) is 126 Å². The van der Waals surface area contributed by atoms with Crippen LogP contribution in [0, 0.1) is 56.7 Å². The Morgan fingerprint density at radius 1 is 0.810 bits per heavy atom. The lowest BCUT2D eigenvalue weighted by Crippen LogP contribution is -2.67. The van der Waals surface area contributed by atoms with E-state index < -0.39 is 5.97 Å². The van der Waals surface area contributed by atoms with Crippen LogP contribution < -0.4 is 0 Å². The predicted octanol–water partition coefficient (Wildman–Crippen LogP) is 7.98. The Bertz CT molecular complexity index is 1130. The van der Waals surface area contributed by atoms with Gasteiger partial charge in [-0.2, -0.15) is 0 Å². The first-order valence-electron chi connectivity index (χ1n) is 16.7. The van der Waals surface area contributed by atoms with Crippen molar-refractivity contribution in [1.82, 2.24) is 0 Å². The van der Waals surface area contributed by atoms with E-state index >= 15 is 0 Å². The Hall–Kier alpha value is -1.85. The first kappa shape index (κ1) is 31.6. The number of carboxylic acids is 1. The zero-order valence-electron chi connectivity index (χ0n) is 27.4. The second-order valence-electron chi connectivity index (χ2n) is 16.6. The van der Waals surface area contributed by atoms with E-state index in [0.717, 1.165) is 38.5 Å². The molecule has 6 nitrogen and oxygen atoms in total. The van der Waals surface area contributed by atoms with Crippen LogP contribution in [0.3, 0.4) is 0 Å². The highest BCUT2D eigenvalue weighted by atomic mass is 16.5. The topological polar surface area (TPSA) is 89.9 Å². The second-order valence-corrected chi connectivity index (χ2v) is 16.6. The van der Waals surface area contributed by atoms with Gasteiger partial charge >= 0.3 is 17.9 Å².